The lowest BCUT2D eigenvalue weighted by Crippen LogP contribution is -2.53. The second kappa shape index (κ2) is 11.6. The second-order valence-corrected chi connectivity index (χ2v) is 8.31. The van der Waals surface area contributed by atoms with E-state index >= 15 is 0 Å². The van der Waals surface area contributed by atoms with Crippen LogP contribution >= 0.6 is 35.6 Å². The lowest BCUT2D eigenvalue weighted by molar-refractivity contribution is -0.116. The van der Waals surface area contributed by atoms with Gasteiger partial charge in [0.05, 0.1) is 6.54 Å². The Kier molecular flexibility index (Phi) is 10.2. The van der Waals surface area contributed by atoms with E-state index in [1.807, 2.05) is 32.6 Å². The summed E-state index contributed by atoms with van der Waals surface area (Å²) in [5.74, 6) is 0.224. The molecule has 0 bridgehead atoms. The van der Waals surface area contributed by atoms with Crippen molar-refractivity contribution >= 4 is 59.2 Å². The average Bonchev–Trinajstić information content (AvgIpc) is 2.64. The van der Waals surface area contributed by atoms with Crippen LogP contribution in [0.5, 0.6) is 0 Å². The quantitative estimate of drug-likeness (QED) is 0.339. The summed E-state index contributed by atoms with van der Waals surface area (Å²) in [5.41, 5.74) is 7.05. The molecule has 1 fully saturated rings. The van der Waals surface area contributed by atoms with Crippen LogP contribution in [0.4, 0.5) is 10.5 Å². The Morgan fingerprint density at radius 3 is 2.40 bits per heavy atom. The zero-order chi connectivity index (χ0) is 21.6. The third kappa shape index (κ3) is 8.17. The number of benzene rings is 1. The van der Waals surface area contributed by atoms with Gasteiger partial charge in [-0.3, -0.25) is 9.79 Å². The van der Waals surface area contributed by atoms with E-state index in [0.717, 1.165) is 5.56 Å². The van der Waals surface area contributed by atoms with E-state index in [-0.39, 0.29) is 48.9 Å². The van der Waals surface area contributed by atoms with E-state index in [0.29, 0.717) is 42.8 Å². The summed E-state index contributed by atoms with van der Waals surface area (Å²) in [5, 5.41) is 3.44. The summed E-state index contributed by atoms with van der Waals surface area (Å²) in [6.07, 6.45) is -0.106. The van der Waals surface area contributed by atoms with Crippen molar-refractivity contribution < 1.29 is 14.3 Å². The maximum Gasteiger partial charge on any atom is 0.410 e. The number of piperazine rings is 1. The number of guanidine groups is 1. The van der Waals surface area contributed by atoms with Gasteiger partial charge in [-0.1, -0.05) is 17.7 Å². The fourth-order valence-corrected chi connectivity index (χ4v) is 2.95. The SMILES string of the molecule is Cc1c(Cl)cccc1NC(=O)CCN=C(N)N1CCN(C(=O)OC(C)(C)C)CC1.I. The summed E-state index contributed by atoms with van der Waals surface area (Å²) in [7, 11) is 0. The van der Waals surface area contributed by atoms with Gasteiger partial charge in [0, 0.05) is 43.3 Å². The fraction of sp³-hybridized carbons (Fsp3) is 0.550. The normalized spacial score (nSPS) is 14.8. The lowest BCUT2D eigenvalue weighted by atomic mass is 10.2. The highest BCUT2D eigenvalue weighted by Crippen LogP contribution is 2.23. The number of anilines is 1. The van der Waals surface area contributed by atoms with Crippen LogP contribution in [0, 0.1) is 6.92 Å². The molecular weight excluding hydrogens is 521 g/mol. The first-order chi connectivity index (χ1) is 13.6. The van der Waals surface area contributed by atoms with Crippen molar-refractivity contribution in [2.45, 2.75) is 39.7 Å². The number of nitrogens with one attached hydrogen (secondary N) is 1. The molecule has 0 unspecified atom stereocenters. The number of ether oxygens (including phenoxy) is 1. The Hall–Kier alpha value is -1.75. The summed E-state index contributed by atoms with van der Waals surface area (Å²) in [6, 6.07) is 5.37. The van der Waals surface area contributed by atoms with Crippen LogP contribution in [0.1, 0.15) is 32.8 Å². The number of nitrogens with two attached hydrogens (primary N) is 1. The van der Waals surface area contributed by atoms with Crippen molar-refractivity contribution in [2.75, 3.05) is 38.0 Å². The highest BCUT2D eigenvalue weighted by molar-refractivity contribution is 14.0. The monoisotopic (exact) mass is 551 g/mol. The van der Waals surface area contributed by atoms with Crippen molar-refractivity contribution in [2.24, 2.45) is 10.7 Å². The Morgan fingerprint density at radius 1 is 1.20 bits per heavy atom. The first-order valence-electron chi connectivity index (χ1n) is 9.64. The molecule has 30 heavy (non-hydrogen) atoms. The molecule has 1 heterocycles. The van der Waals surface area contributed by atoms with Gasteiger partial charge in [0.2, 0.25) is 5.91 Å². The number of amides is 2. The smallest absolute Gasteiger partial charge is 0.410 e. The second-order valence-electron chi connectivity index (χ2n) is 7.90. The molecule has 10 heteroatoms. The molecule has 1 aliphatic rings. The van der Waals surface area contributed by atoms with Gasteiger partial charge in [0.1, 0.15) is 5.60 Å². The minimum atomic E-state index is -0.515. The van der Waals surface area contributed by atoms with Crippen molar-refractivity contribution in [1.29, 1.82) is 0 Å². The molecule has 8 nitrogen and oxygen atoms in total. The molecular formula is C20H31ClIN5O3. The minimum absolute atomic E-state index is 0. The Balaban J connectivity index is 0.00000450. The third-order valence-electron chi connectivity index (χ3n) is 4.41. The molecule has 1 aliphatic heterocycles. The molecule has 0 radical (unpaired) electrons. The van der Waals surface area contributed by atoms with Crippen LogP contribution in [0.2, 0.25) is 5.02 Å². The molecule has 168 valence electrons. The predicted molar refractivity (Wildman–Crippen MR) is 131 cm³/mol. The third-order valence-corrected chi connectivity index (χ3v) is 4.82. The molecule has 1 aromatic rings. The average molecular weight is 552 g/mol. The summed E-state index contributed by atoms with van der Waals surface area (Å²) in [4.78, 5) is 32.1. The van der Waals surface area contributed by atoms with E-state index in [1.165, 1.54) is 0 Å². The highest BCUT2D eigenvalue weighted by atomic mass is 127. The number of rotatable bonds is 4. The Bertz CT molecular complexity index is 774. The zero-order valence-electron chi connectivity index (χ0n) is 17.9. The lowest BCUT2D eigenvalue weighted by Gasteiger charge is -2.36. The molecule has 0 saturated carbocycles. The molecule has 2 rings (SSSR count). The van der Waals surface area contributed by atoms with Crippen LogP contribution in [0.15, 0.2) is 23.2 Å². The van der Waals surface area contributed by atoms with Gasteiger partial charge in [0.15, 0.2) is 5.96 Å². The predicted octanol–water partition coefficient (Wildman–Crippen LogP) is 3.46. The molecule has 0 atom stereocenters. The number of hydrogen-bond donors (Lipinski definition) is 2. The van der Waals surface area contributed by atoms with Gasteiger partial charge in [-0.2, -0.15) is 0 Å². The highest BCUT2D eigenvalue weighted by Gasteiger charge is 2.26. The zero-order valence-corrected chi connectivity index (χ0v) is 21.0. The summed E-state index contributed by atoms with van der Waals surface area (Å²) < 4.78 is 5.38. The maximum absolute atomic E-state index is 12.1. The van der Waals surface area contributed by atoms with Crippen LogP contribution in [-0.2, 0) is 9.53 Å². The van der Waals surface area contributed by atoms with E-state index in [1.54, 1.807) is 23.1 Å². The van der Waals surface area contributed by atoms with Gasteiger partial charge in [0.25, 0.3) is 0 Å². The number of nitrogens with zero attached hydrogens (tertiary/aromatic N) is 3. The van der Waals surface area contributed by atoms with E-state index in [4.69, 9.17) is 22.1 Å². The Morgan fingerprint density at radius 2 is 1.80 bits per heavy atom. The molecule has 0 spiro atoms. The van der Waals surface area contributed by atoms with Gasteiger partial charge < -0.3 is 25.6 Å². The Labute approximate surface area is 200 Å². The van der Waals surface area contributed by atoms with Crippen molar-refractivity contribution in [3.05, 3.63) is 28.8 Å². The molecule has 0 aliphatic carbocycles. The van der Waals surface area contributed by atoms with Crippen molar-refractivity contribution in [3.63, 3.8) is 0 Å². The number of hydrogen-bond acceptors (Lipinski definition) is 4. The first kappa shape index (κ1) is 26.3. The van der Waals surface area contributed by atoms with Gasteiger partial charge in [-0.25, -0.2) is 4.79 Å². The number of carbonyl (C=O) groups is 2. The van der Waals surface area contributed by atoms with Crippen LogP contribution in [0.25, 0.3) is 0 Å². The molecule has 2 amide bonds. The largest absolute Gasteiger partial charge is 0.444 e. The number of aliphatic imine (C=N–C) groups is 1. The van der Waals surface area contributed by atoms with Gasteiger partial charge in [-0.15, -0.1) is 24.0 Å². The molecule has 1 saturated heterocycles. The maximum atomic E-state index is 12.1. The molecule has 1 aromatic carbocycles. The topological polar surface area (TPSA) is 100 Å². The standard InChI is InChI=1S/C20H30ClN5O3.HI/c1-14-15(21)6-5-7-16(14)24-17(27)8-9-23-18(22)25-10-12-26(13-11-25)19(28)29-20(2,3)4;/h5-7H,8-13H2,1-4H3,(H2,22,23)(H,24,27);1H. The van der Waals surface area contributed by atoms with Crippen molar-refractivity contribution in [3.8, 4) is 0 Å². The molecule has 3 N–H and O–H groups in total. The van der Waals surface area contributed by atoms with Gasteiger partial charge >= 0.3 is 6.09 Å². The summed E-state index contributed by atoms with van der Waals surface area (Å²) in [6.45, 7) is 9.83. The number of halogens is 2. The summed E-state index contributed by atoms with van der Waals surface area (Å²) >= 11 is 6.06. The fourth-order valence-electron chi connectivity index (χ4n) is 2.77. The van der Waals surface area contributed by atoms with E-state index < -0.39 is 5.60 Å². The van der Waals surface area contributed by atoms with Crippen LogP contribution in [-0.4, -0.2) is 66.1 Å². The molecule has 0 aromatic heterocycles. The van der Waals surface area contributed by atoms with Crippen molar-refractivity contribution in [1.82, 2.24) is 9.80 Å². The van der Waals surface area contributed by atoms with E-state index in [9.17, 15) is 9.59 Å². The van der Waals surface area contributed by atoms with Gasteiger partial charge in [-0.05, 0) is 45.4 Å². The first-order valence-corrected chi connectivity index (χ1v) is 10.0. The van der Waals surface area contributed by atoms with Crippen LogP contribution in [0.3, 0.4) is 0 Å². The minimum Gasteiger partial charge on any atom is -0.444 e. The van der Waals surface area contributed by atoms with E-state index in [2.05, 4.69) is 10.3 Å². The van der Waals surface area contributed by atoms with Crippen LogP contribution < -0.4 is 11.1 Å². The number of carbonyl (C=O) groups excluding carboxylic acids is 2.